The molecule has 0 spiro atoms. The number of amides is 1. The summed E-state index contributed by atoms with van der Waals surface area (Å²) >= 11 is 0. The van der Waals surface area contributed by atoms with Gasteiger partial charge in [-0.2, -0.15) is 0 Å². The molecule has 1 aliphatic heterocycles. The van der Waals surface area contributed by atoms with Crippen LogP contribution >= 0.6 is 0 Å². The number of rotatable bonds is 5. The number of nitrogens with zero attached hydrogens (tertiary/aromatic N) is 1. The van der Waals surface area contributed by atoms with Crippen molar-refractivity contribution in [3.05, 3.63) is 47.4 Å². The molecule has 1 saturated heterocycles. The summed E-state index contributed by atoms with van der Waals surface area (Å²) in [5.41, 5.74) is 2.08. The van der Waals surface area contributed by atoms with Gasteiger partial charge in [-0.1, -0.05) is 0 Å². The highest BCUT2D eigenvalue weighted by atomic mass is 16.5. The van der Waals surface area contributed by atoms with Gasteiger partial charge in [0.25, 0.3) is 5.91 Å². The lowest BCUT2D eigenvalue weighted by Gasteiger charge is -2.28. The molecule has 1 aliphatic rings. The van der Waals surface area contributed by atoms with Crippen LogP contribution in [0, 0.1) is 13.8 Å². The Kier molecular flexibility index (Phi) is 5.58. The van der Waals surface area contributed by atoms with E-state index in [9.17, 15) is 9.59 Å². The molecular weight excluding hydrogens is 336 g/mol. The van der Waals surface area contributed by atoms with E-state index in [1.807, 2.05) is 24.3 Å². The number of hydrogen-bond acceptors (Lipinski definition) is 6. The minimum absolute atomic E-state index is 0.338. The number of anilines is 2. The molecular formula is C19H22N2O5. The lowest BCUT2D eigenvalue weighted by atomic mass is 10.2. The van der Waals surface area contributed by atoms with Crippen molar-refractivity contribution < 1.29 is 23.5 Å². The Balaban J connectivity index is 1.50. The van der Waals surface area contributed by atoms with Crippen molar-refractivity contribution in [1.29, 1.82) is 0 Å². The molecule has 1 aromatic heterocycles. The van der Waals surface area contributed by atoms with Gasteiger partial charge in [0.05, 0.1) is 13.2 Å². The Hall–Kier alpha value is -2.80. The van der Waals surface area contributed by atoms with Gasteiger partial charge in [0, 0.05) is 24.5 Å². The molecule has 2 aromatic rings. The zero-order valence-electron chi connectivity index (χ0n) is 14.9. The van der Waals surface area contributed by atoms with Crippen LogP contribution in [0.3, 0.4) is 0 Å². The second-order valence-electron chi connectivity index (χ2n) is 6.10. The van der Waals surface area contributed by atoms with Crippen molar-refractivity contribution in [1.82, 2.24) is 0 Å². The number of esters is 1. The first kappa shape index (κ1) is 18.0. The van der Waals surface area contributed by atoms with Crippen LogP contribution in [0.25, 0.3) is 0 Å². The van der Waals surface area contributed by atoms with E-state index in [4.69, 9.17) is 13.9 Å². The van der Waals surface area contributed by atoms with Crippen molar-refractivity contribution in [3.8, 4) is 0 Å². The molecule has 0 bridgehead atoms. The van der Waals surface area contributed by atoms with E-state index in [1.165, 1.54) is 0 Å². The van der Waals surface area contributed by atoms with E-state index in [2.05, 4.69) is 10.2 Å². The average molecular weight is 358 g/mol. The van der Waals surface area contributed by atoms with E-state index in [0.29, 0.717) is 22.8 Å². The first-order chi connectivity index (χ1) is 12.5. The van der Waals surface area contributed by atoms with Gasteiger partial charge in [0.15, 0.2) is 6.61 Å². The SMILES string of the molecule is Cc1cc(C(=O)OCC(=O)Nc2ccc(N3CCOCC3)cc2)c(C)o1. The zero-order chi connectivity index (χ0) is 18.5. The number of hydrogen-bond donors (Lipinski definition) is 1. The Morgan fingerprint density at radius 3 is 2.46 bits per heavy atom. The standard InChI is InChI=1S/C19H22N2O5/c1-13-11-17(14(2)26-13)19(23)25-12-18(22)20-15-3-5-16(6-4-15)21-7-9-24-10-8-21/h3-6,11H,7-10,12H2,1-2H3,(H,20,22). The summed E-state index contributed by atoms with van der Waals surface area (Å²) < 4.78 is 15.7. The molecule has 0 saturated carbocycles. The summed E-state index contributed by atoms with van der Waals surface area (Å²) in [7, 11) is 0. The first-order valence-corrected chi connectivity index (χ1v) is 8.49. The van der Waals surface area contributed by atoms with Gasteiger partial charge < -0.3 is 24.1 Å². The Morgan fingerprint density at radius 2 is 1.85 bits per heavy atom. The fourth-order valence-corrected chi connectivity index (χ4v) is 2.82. The lowest BCUT2D eigenvalue weighted by molar-refractivity contribution is -0.119. The summed E-state index contributed by atoms with van der Waals surface area (Å²) in [5.74, 6) is 0.137. The van der Waals surface area contributed by atoms with E-state index >= 15 is 0 Å². The maximum atomic E-state index is 12.0. The quantitative estimate of drug-likeness (QED) is 0.827. The molecule has 0 atom stereocenters. The van der Waals surface area contributed by atoms with Gasteiger partial charge in [-0.25, -0.2) is 4.79 Å². The van der Waals surface area contributed by atoms with Crippen LogP contribution < -0.4 is 10.2 Å². The second-order valence-corrected chi connectivity index (χ2v) is 6.10. The molecule has 2 heterocycles. The van der Waals surface area contributed by atoms with Crippen LogP contribution in [-0.4, -0.2) is 44.8 Å². The number of carbonyl (C=O) groups is 2. The highest BCUT2D eigenvalue weighted by molar-refractivity contribution is 5.96. The molecule has 7 nitrogen and oxygen atoms in total. The van der Waals surface area contributed by atoms with Crippen LogP contribution in [-0.2, 0) is 14.3 Å². The summed E-state index contributed by atoms with van der Waals surface area (Å²) in [6.45, 7) is 6.23. The van der Waals surface area contributed by atoms with Crippen LogP contribution in [0.2, 0.25) is 0 Å². The lowest BCUT2D eigenvalue weighted by Crippen LogP contribution is -2.36. The van der Waals surface area contributed by atoms with E-state index in [-0.39, 0.29) is 6.61 Å². The monoisotopic (exact) mass is 358 g/mol. The van der Waals surface area contributed by atoms with E-state index < -0.39 is 11.9 Å². The van der Waals surface area contributed by atoms with Gasteiger partial charge in [0.2, 0.25) is 0 Å². The number of aryl methyl sites for hydroxylation is 2. The highest BCUT2D eigenvalue weighted by Gasteiger charge is 2.16. The Bertz CT molecular complexity index is 776. The topological polar surface area (TPSA) is 81.0 Å². The van der Waals surface area contributed by atoms with Gasteiger partial charge in [-0.05, 0) is 44.2 Å². The average Bonchev–Trinajstić information content (AvgIpc) is 2.99. The van der Waals surface area contributed by atoms with Gasteiger partial charge in [-0.15, -0.1) is 0 Å². The third kappa shape index (κ3) is 4.43. The first-order valence-electron chi connectivity index (χ1n) is 8.49. The molecule has 0 aliphatic carbocycles. The number of nitrogens with one attached hydrogen (secondary N) is 1. The predicted octanol–water partition coefficient (Wildman–Crippen LogP) is 2.53. The van der Waals surface area contributed by atoms with Crippen molar-refractivity contribution in [2.75, 3.05) is 43.1 Å². The molecule has 1 N–H and O–H groups in total. The number of morpholine rings is 1. The second kappa shape index (κ2) is 8.05. The Labute approximate surface area is 151 Å². The van der Waals surface area contributed by atoms with Crippen LogP contribution in [0.4, 0.5) is 11.4 Å². The number of carbonyl (C=O) groups excluding carboxylic acids is 2. The molecule has 3 rings (SSSR count). The van der Waals surface area contributed by atoms with Crippen LogP contribution in [0.15, 0.2) is 34.7 Å². The van der Waals surface area contributed by atoms with E-state index in [0.717, 1.165) is 32.0 Å². The summed E-state index contributed by atoms with van der Waals surface area (Å²) in [4.78, 5) is 26.2. The van der Waals surface area contributed by atoms with Gasteiger partial charge in [-0.3, -0.25) is 4.79 Å². The smallest absolute Gasteiger partial charge is 0.342 e. The maximum absolute atomic E-state index is 12.0. The normalized spacial score (nSPS) is 14.2. The fraction of sp³-hybridized carbons (Fsp3) is 0.368. The van der Waals surface area contributed by atoms with Crippen molar-refractivity contribution >= 4 is 23.3 Å². The van der Waals surface area contributed by atoms with Crippen molar-refractivity contribution in [3.63, 3.8) is 0 Å². The molecule has 26 heavy (non-hydrogen) atoms. The third-order valence-corrected chi connectivity index (χ3v) is 4.12. The molecule has 1 aromatic carbocycles. The van der Waals surface area contributed by atoms with E-state index in [1.54, 1.807) is 19.9 Å². The minimum Gasteiger partial charge on any atom is -0.466 e. The van der Waals surface area contributed by atoms with Gasteiger partial charge in [0.1, 0.15) is 17.1 Å². The molecule has 0 unspecified atom stereocenters. The highest BCUT2D eigenvalue weighted by Crippen LogP contribution is 2.19. The summed E-state index contributed by atoms with van der Waals surface area (Å²) in [5, 5.41) is 2.72. The fourth-order valence-electron chi connectivity index (χ4n) is 2.82. The van der Waals surface area contributed by atoms with Crippen molar-refractivity contribution in [2.45, 2.75) is 13.8 Å². The molecule has 1 amide bonds. The number of benzene rings is 1. The third-order valence-electron chi connectivity index (χ3n) is 4.12. The molecule has 0 radical (unpaired) electrons. The van der Waals surface area contributed by atoms with Gasteiger partial charge >= 0.3 is 5.97 Å². The minimum atomic E-state index is -0.572. The van der Waals surface area contributed by atoms with Crippen LogP contribution in [0.1, 0.15) is 21.9 Å². The summed E-state index contributed by atoms with van der Waals surface area (Å²) in [6, 6.07) is 9.15. The Morgan fingerprint density at radius 1 is 1.15 bits per heavy atom. The molecule has 1 fully saturated rings. The largest absolute Gasteiger partial charge is 0.466 e. The predicted molar refractivity (Wildman–Crippen MR) is 96.6 cm³/mol. The summed E-state index contributed by atoms with van der Waals surface area (Å²) in [6.07, 6.45) is 0. The van der Waals surface area contributed by atoms with Crippen LogP contribution in [0.5, 0.6) is 0 Å². The number of furan rings is 1. The maximum Gasteiger partial charge on any atom is 0.342 e. The zero-order valence-corrected chi connectivity index (χ0v) is 14.9. The number of ether oxygens (including phenoxy) is 2. The molecule has 7 heteroatoms. The molecule has 138 valence electrons. The van der Waals surface area contributed by atoms with Crippen molar-refractivity contribution in [2.24, 2.45) is 0 Å².